The highest BCUT2D eigenvalue weighted by Gasteiger charge is 2.70. The lowest BCUT2D eigenvalue weighted by molar-refractivity contribution is -0.320. The Morgan fingerprint density at radius 2 is 1.62 bits per heavy atom. The minimum absolute atomic E-state index is 0.0417. The molecule has 3 unspecified atom stereocenters. The number of hydrogen-bond acceptors (Lipinski definition) is 9. The first-order valence-electron chi connectivity index (χ1n) is 17.5. The van der Waals surface area contributed by atoms with E-state index in [1.807, 2.05) is 0 Å². The number of fused-ring (bicyclic) bond motifs is 5. The van der Waals surface area contributed by atoms with Crippen LogP contribution in [0.2, 0.25) is 0 Å². The predicted octanol–water partition coefficient (Wildman–Crippen LogP) is 3.30. The Labute approximate surface area is 270 Å². The molecular weight excluding hydrogens is 576 g/mol. The molecule has 45 heavy (non-hydrogen) atoms. The van der Waals surface area contributed by atoms with Gasteiger partial charge in [-0.05, 0) is 99.7 Å². The Hall–Kier alpha value is -0.620. The molecule has 4 aliphatic carbocycles. The Morgan fingerprint density at radius 3 is 2.24 bits per heavy atom. The predicted molar refractivity (Wildman–Crippen MR) is 170 cm³/mol. The van der Waals surface area contributed by atoms with Crippen LogP contribution in [0.4, 0.5) is 0 Å². The minimum atomic E-state index is -1.48. The molecule has 0 spiro atoms. The molecule has 3 saturated carbocycles. The molecule has 9 heteroatoms. The topological polar surface area (TPSA) is 160 Å². The number of allylic oxidation sites excluding steroid dienone is 1. The summed E-state index contributed by atoms with van der Waals surface area (Å²) in [5.41, 5.74) is -0.568. The van der Waals surface area contributed by atoms with Gasteiger partial charge in [0.15, 0.2) is 6.29 Å². The maximum Gasteiger partial charge on any atom is 0.187 e. The van der Waals surface area contributed by atoms with E-state index in [0.29, 0.717) is 30.6 Å². The van der Waals surface area contributed by atoms with Gasteiger partial charge in [-0.2, -0.15) is 0 Å². The normalized spacial score (nSPS) is 49.4. The molecular formula is C36H62O9. The molecule has 5 aliphatic rings. The molecule has 4 fully saturated rings. The summed E-state index contributed by atoms with van der Waals surface area (Å²) < 4.78 is 12.1. The van der Waals surface area contributed by atoms with Gasteiger partial charge >= 0.3 is 0 Å². The van der Waals surface area contributed by atoms with Crippen LogP contribution >= 0.6 is 0 Å². The van der Waals surface area contributed by atoms with Crippen molar-refractivity contribution < 1.29 is 45.2 Å². The summed E-state index contributed by atoms with van der Waals surface area (Å²) in [6, 6.07) is 0. The zero-order valence-electron chi connectivity index (χ0n) is 28.8. The van der Waals surface area contributed by atoms with Crippen LogP contribution in [0.5, 0.6) is 0 Å². The van der Waals surface area contributed by atoms with Gasteiger partial charge in [0.25, 0.3) is 0 Å². The molecule has 0 radical (unpaired) electrons. The zero-order chi connectivity index (χ0) is 33.5. The van der Waals surface area contributed by atoms with Crippen LogP contribution in [-0.4, -0.2) is 97.0 Å². The second-order valence-corrected chi connectivity index (χ2v) is 17.4. The van der Waals surface area contributed by atoms with E-state index in [-0.39, 0.29) is 28.3 Å². The lowest BCUT2D eigenvalue weighted by atomic mass is 9.38. The molecule has 0 aromatic heterocycles. The molecule has 1 saturated heterocycles. The molecule has 0 aromatic rings. The smallest absolute Gasteiger partial charge is 0.187 e. The summed E-state index contributed by atoms with van der Waals surface area (Å²) in [5, 5.41) is 73.9. The van der Waals surface area contributed by atoms with Gasteiger partial charge in [-0.3, -0.25) is 0 Å². The first-order chi connectivity index (χ1) is 20.7. The van der Waals surface area contributed by atoms with E-state index in [1.54, 1.807) is 13.8 Å². The van der Waals surface area contributed by atoms with Gasteiger partial charge in [-0.25, -0.2) is 0 Å². The van der Waals surface area contributed by atoms with Crippen molar-refractivity contribution in [3.05, 3.63) is 11.6 Å². The molecule has 7 N–H and O–H groups in total. The number of aliphatic hydroxyl groups is 7. The number of ether oxygens (including phenoxy) is 2. The van der Waals surface area contributed by atoms with Crippen molar-refractivity contribution in [2.24, 2.45) is 45.3 Å². The fourth-order valence-corrected chi connectivity index (χ4v) is 11.2. The van der Waals surface area contributed by atoms with Gasteiger partial charge < -0.3 is 45.2 Å². The highest BCUT2D eigenvalue weighted by atomic mass is 16.7. The Balaban J connectivity index is 1.37. The summed E-state index contributed by atoms with van der Waals surface area (Å²) in [5.74, 6) is 1.29. The van der Waals surface area contributed by atoms with Crippen LogP contribution in [0.25, 0.3) is 0 Å². The van der Waals surface area contributed by atoms with E-state index in [4.69, 9.17) is 9.47 Å². The van der Waals surface area contributed by atoms with Crippen molar-refractivity contribution in [1.29, 1.82) is 0 Å². The molecule has 1 aliphatic heterocycles. The van der Waals surface area contributed by atoms with Crippen LogP contribution in [0, 0.1) is 45.3 Å². The van der Waals surface area contributed by atoms with Crippen LogP contribution < -0.4 is 0 Å². The molecule has 1 heterocycles. The van der Waals surface area contributed by atoms with Crippen molar-refractivity contribution >= 4 is 0 Å². The van der Waals surface area contributed by atoms with E-state index in [0.717, 1.165) is 38.5 Å². The summed E-state index contributed by atoms with van der Waals surface area (Å²) in [7, 11) is 0. The fraction of sp³-hybridized carbons (Fsp3) is 0.944. The Kier molecular flexibility index (Phi) is 9.56. The monoisotopic (exact) mass is 638 g/mol. The molecule has 15 atom stereocenters. The van der Waals surface area contributed by atoms with Crippen molar-refractivity contribution in [3.63, 3.8) is 0 Å². The highest BCUT2D eigenvalue weighted by Crippen LogP contribution is 2.75. The van der Waals surface area contributed by atoms with Gasteiger partial charge in [-0.1, -0.05) is 53.2 Å². The second kappa shape index (κ2) is 12.1. The van der Waals surface area contributed by atoms with Gasteiger partial charge in [0.1, 0.15) is 24.4 Å². The SMILES string of the molecule is C[C@H](CC[C@@H](O)C(C)(C)O)C1CC[C@@]2(C)C3CC=C4[C@@H](CC[C@H](OC5O[C@H](CO)[C@@H](O)[C@H](O)[C@H]5O)C4(C)C)[C@]3(C)[C@H](O)C[C@]12C. The van der Waals surface area contributed by atoms with Gasteiger partial charge in [0.2, 0.25) is 0 Å². The molecule has 5 rings (SSSR count). The van der Waals surface area contributed by atoms with E-state index < -0.39 is 60.5 Å². The summed E-state index contributed by atoms with van der Waals surface area (Å²) in [6.45, 7) is 16.6. The van der Waals surface area contributed by atoms with Crippen molar-refractivity contribution in [2.75, 3.05) is 6.61 Å². The third-order valence-electron chi connectivity index (χ3n) is 14.5. The van der Waals surface area contributed by atoms with Gasteiger partial charge in [0.05, 0.1) is 30.5 Å². The number of rotatable bonds is 8. The van der Waals surface area contributed by atoms with E-state index >= 15 is 0 Å². The molecule has 9 nitrogen and oxygen atoms in total. The number of hydrogen-bond donors (Lipinski definition) is 7. The molecule has 0 aromatic carbocycles. The highest BCUT2D eigenvalue weighted by molar-refractivity contribution is 5.31. The maximum atomic E-state index is 12.2. The Bertz CT molecular complexity index is 1100. The maximum absolute atomic E-state index is 12.2. The summed E-state index contributed by atoms with van der Waals surface area (Å²) in [6.07, 6.45) is 1.08. The first-order valence-corrected chi connectivity index (χ1v) is 17.5. The van der Waals surface area contributed by atoms with Crippen LogP contribution in [0.15, 0.2) is 11.6 Å². The second-order valence-electron chi connectivity index (χ2n) is 17.4. The summed E-state index contributed by atoms with van der Waals surface area (Å²) >= 11 is 0. The van der Waals surface area contributed by atoms with Gasteiger partial charge in [-0.15, -0.1) is 0 Å². The Morgan fingerprint density at radius 1 is 0.956 bits per heavy atom. The lowest BCUT2D eigenvalue weighted by Gasteiger charge is -2.67. The third-order valence-corrected chi connectivity index (χ3v) is 14.5. The molecule has 0 amide bonds. The van der Waals surface area contributed by atoms with Crippen LogP contribution in [0.3, 0.4) is 0 Å². The van der Waals surface area contributed by atoms with E-state index in [9.17, 15) is 35.7 Å². The summed E-state index contributed by atoms with van der Waals surface area (Å²) in [4.78, 5) is 0. The fourth-order valence-electron chi connectivity index (χ4n) is 11.2. The standard InChI is InChI=1S/C36H62O9/c1-19(9-13-25(38)33(4,5)43)20-15-16-34(6)24-12-10-21-22(36(24,8)26(39)17-35(20,34)7)11-14-27(32(21,2)3)45-31-30(42)29(41)28(40)23(18-37)44-31/h10,19-20,22-31,37-43H,9,11-18H2,1-8H3/t19-,20?,22-,23-,24?,25-,26-,27+,28-,29+,30-,31?,34+,35-,36+/m1/s1. The first kappa shape index (κ1) is 35.7. The van der Waals surface area contributed by atoms with Crippen LogP contribution in [0.1, 0.15) is 107 Å². The van der Waals surface area contributed by atoms with Crippen LogP contribution in [-0.2, 0) is 9.47 Å². The van der Waals surface area contributed by atoms with Crippen molar-refractivity contribution in [3.8, 4) is 0 Å². The zero-order valence-corrected chi connectivity index (χ0v) is 28.8. The van der Waals surface area contributed by atoms with E-state index in [1.165, 1.54) is 5.57 Å². The largest absolute Gasteiger partial charge is 0.394 e. The number of aliphatic hydroxyl groups excluding tert-OH is 6. The van der Waals surface area contributed by atoms with Crippen molar-refractivity contribution in [1.82, 2.24) is 0 Å². The van der Waals surface area contributed by atoms with Gasteiger partial charge in [0, 0.05) is 10.8 Å². The average Bonchev–Trinajstić information content (AvgIpc) is 3.23. The third kappa shape index (κ3) is 5.48. The van der Waals surface area contributed by atoms with Crippen molar-refractivity contribution in [2.45, 2.75) is 161 Å². The quantitative estimate of drug-likeness (QED) is 0.198. The lowest BCUT2D eigenvalue weighted by Crippen LogP contribution is -2.65. The van der Waals surface area contributed by atoms with E-state index in [2.05, 4.69) is 47.6 Å². The average molecular weight is 639 g/mol. The molecule has 0 bridgehead atoms. The molecule has 260 valence electrons. The minimum Gasteiger partial charge on any atom is -0.394 e.